The molecule has 19 heavy (non-hydrogen) atoms. The van der Waals surface area contributed by atoms with Gasteiger partial charge in [0, 0.05) is 0 Å². The Balaban J connectivity index is 2.56. The Morgan fingerprint density at radius 2 is 1.26 bits per heavy atom. The zero-order valence-electron chi connectivity index (χ0n) is 20.4. The summed E-state index contributed by atoms with van der Waals surface area (Å²) in [4.78, 5) is 0. The molecule has 0 aliphatic carbocycles. The van der Waals surface area contributed by atoms with Crippen molar-refractivity contribution in [2.45, 2.75) is 0 Å². The maximum absolute atomic E-state index is 9.99. The van der Waals surface area contributed by atoms with Crippen molar-refractivity contribution in [2.24, 2.45) is 0 Å². The minimum absolute atomic E-state index is 0.228. The first-order chi connectivity index (χ1) is 13.9. The monoisotopic (exact) mass is 255 g/mol. The van der Waals surface area contributed by atoms with Crippen molar-refractivity contribution in [3.8, 4) is 5.75 Å². The third kappa shape index (κ3) is 1.48. The van der Waals surface area contributed by atoms with Crippen molar-refractivity contribution in [3.05, 3.63) is 66.5 Å². The van der Waals surface area contributed by atoms with Gasteiger partial charge < -0.3 is 5.11 Å². The van der Waals surface area contributed by atoms with E-state index < -0.39 is 72.2 Å². The lowest BCUT2D eigenvalue weighted by Crippen LogP contribution is -1.80. The first kappa shape index (κ1) is 4.24. The zero-order chi connectivity index (χ0) is 22.4. The normalized spacial score (nSPS) is 19.5. The molecule has 4 rings (SSSR count). The number of phenols is 1. The molecule has 0 saturated heterocycles. The van der Waals surface area contributed by atoms with Crippen LogP contribution in [-0.2, 0) is 0 Å². The fraction of sp³-hybridized carbons (Fsp3) is 0. The number of aromatic hydroxyl groups is 1. The molecule has 0 aromatic heterocycles. The molecule has 0 aliphatic rings. The molecule has 0 heterocycles. The molecule has 4 aromatic rings. The van der Waals surface area contributed by atoms with E-state index in [-0.39, 0.29) is 32.3 Å². The van der Waals surface area contributed by atoms with E-state index in [0.29, 0.717) is 0 Å². The molecule has 1 nitrogen and oxygen atoms in total. The molecule has 0 atom stereocenters. The lowest BCUT2D eigenvalue weighted by atomic mass is 9.97. The largest absolute Gasteiger partial charge is 0.508 e. The van der Waals surface area contributed by atoms with Gasteiger partial charge in [0.1, 0.15) is 5.75 Å². The van der Waals surface area contributed by atoms with Crippen molar-refractivity contribution in [1.82, 2.24) is 0 Å². The predicted octanol–water partition coefficient (Wildman–Crippen LogP) is 4.85. The Morgan fingerprint density at radius 1 is 0.632 bits per heavy atom. The van der Waals surface area contributed by atoms with Gasteiger partial charge in [-0.3, -0.25) is 0 Å². The van der Waals surface area contributed by atoms with Crippen LogP contribution in [0.3, 0.4) is 0 Å². The summed E-state index contributed by atoms with van der Waals surface area (Å²) >= 11 is 0. The standard InChI is InChI=1S/C18H12O/c19-14-7-10-16-13(11-14)6-9-17-15-4-2-1-3-12(15)5-8-18(16)17/h1-11,19H/i1D,2D,3D,4D,5D,6D,7D,8D,9D,10D,11D. The number of phenolic OH excluding ortho intramolecular Hbond substituents is 1. The van der Waals surface area contributed by atoms with E-state index in [4.69, 9.17) is 15.1 Å². The maximum Gasteiger partial charge on any atom is 0.116 e. The van der Waals surface area contributed by atoms with Crippen LogP contribution < -0.4 is 0 Å². The number of hydrogen-bond donors (Lipinski definition) is 1. The Bertz CT molecular complexity index is 1350. The summed E-state index contributed by atoms with van der Waals surface area (Å²) in [6.07, 6.45) is 0. The Kier molecular flexibility index (Phi) is 0.831. The van der Waals surface area contributed by atoms with Gasteiger partial charge in [0.15, 0.2) is 0 Å². The highest BCUT2D eigenvalue weighted by atomic mass is 16.3. The van der Waals surface area contributed by atoms with E-state index >= 15 is 0 Å². The van der Waals surface area contributed by atoms with Crippen molar-refractivity contribution < 1.29 is 20.2 Å². The quantitative estimate of drug-likeness (QED) is 0.445. The summed E-state index contributed by atoms with van der Waals surface area (Å²) in [7, 11) is 0. The molecule has 0 saturated carbocycles. The fourth-order valence-electron chi connectivity index (χ4n) is 2.02. The van der Waals surface area contributed by atoms with Crippen LogP contribution >= 0.6 is 0 Å². The molecular weight excluding hydrogens is 232 g/mol. The van der Waals surface area contributed by atoms with E-state index in [1.165, 1.54) is 0 Å². The molecule has 0 bridgehead atoms. The summed E-state index contributed by atoms with van der Waals surface area (Å²) in [5.41, 5.74) is 0. The van der Waals surface area contributed by atoms with Crippen LogP contribution in [0.4, 0.5) is 0 Å². The van der Waals surface area contributed by atoms with Gasteiger partial charge >= 0.3 is 0 Å². The number of benzene rings is 4. The summed E-state index contributed by atoms with van der Waals surface area (Å²) in [6.45, 7) is 0. The molecule has 0 aliphatic heterocycles. The van der Waals surface area contributed by atoms with Crippen LogP contribution in [0.5, 0.6) is 5.75 Å². The molecule has 0 fully saturated rings. The topological polar surface area (TPSA) is 20.2 Å². The third-order valence-electron chi connectivity index (χ3n) is 2.86. The van der Waals surface area contributed by atoms with Gasteiger partial charge in [-0.15, -0.1) is 0 Å². The molecular formula is C18H12O. The van der Waals surface area contributed by atoms with Crippen molar-refractivity contribution in [2.75, 3.05) is 0 Å². The summed E-state index contributed by atoms with van der Waals surface area (Å²) in [5.74, 6) is -0.847. The third-order valence-corrected chi connectivity index (χ3v) is 2.86. The molecule has 4 aromatic carbocycles. The van der Waals surface area contributed by atoms with Gasteiger partial charge in [0.05, 0.1) is 15.1 Å². The molecule has 1 N–H and O–H groups in total. The Labute approximate surface area is 126 Å². The first-order valence-electron chi connectivity index (χ1n) is 11.0. The molecule has 0 spiro atoms. The lowest BCUT2D eigenvalue weighted by molar-refractivity contribution is 0.476. The van der Waals surface area contributed by atoms with Crippen LogP contribution in [0, 0.1) is 0 Å². The fourth-order valence-corrected chi connectivity index (χ4v) is 2.02. The summed E-state index contributed by atoms with van der Waals surface area (Å²) in [5, 5.41) is 8.42. The second-order valence-electron chi connectivity index (χ2n) is 3.97. The van der Waals surface area contributed by atoms with E-state index in [0.717, 1.165) is 0 Å². The van der Waals surface area contributed by atoms with Gasteiger partial charge in [-0.05, 0) is 44.4 Å². The summed E-state index contributed by atoms with van der Waals surface area (Å²) < 4.78 is 90.0. The van der Waals surface area contributed by atoms with Gasteiger partial charge in [-0.2, -0.15) is 0 Å². The van der Waals surface area contributed by atoms with Gasteiger partial charge in [-0.25, -0.2) is 0 Å². The highest BCUT2D eigenvalue weighted by molar-refractivity contribution is 6.17. The molecule has 1 heteroatoms. The van der Waals surface area contributed by atoms with E-state index in [2.05, 4.69) is 0 Å². The molecule has 0 radical (unpaired) electrons. The molecule has 0 unspecified atom stereocenters. The molecule has 90 valence electrons. The SMILES string of the molecule is [2H]c1c([2H])c([2H])c2c(c1[2H])c([2H])c([2H])c1c3c([2H])c([2H])c(O)c([2H])c3c([2H])c([2H])c21. The van der Waals surface area contributed by atoms with Crippen LogP contribution in [0.2, 0.25) is 0 Å². The zero-order valence-corrected chi connectivity index (χ0v) is 9.45. The minimum atomic E-state index is -0.847. The van der Waals surface area contributed by atoms with Crippen LogP contribution in [0.1, 0.15) is 15.1 Å². The van der Waals surface area contributed by atoms with E-state index in [1.807, 2.05) is 0 Å². The highest BCUT2D eigenvalue weighted by Gasteiger charge is 2.04. The highest BCUT2D eigenvalue weighted by Crippen LogP contribution is 2.32. The van der Waals surface area contributed by atoms with Gasteiger partial charge in [0.25, 0.3) is 0 Å². The Hall–Kier alpha value is -2.54. The lowest BCUT2D eigenvalue weighted by Gasteiger charge is -2.07. The van der Waals surface area contributed by atoms with Crippen molar-refractivity contribution >= 4 is 32.3 Å². The van der Waals surface area contributed by atoms with Crippen molar-refractivity contribution in [3.63, 3.8) is 0 Å². The average Bonchev–Trinajstić information content (AvgIpc) is 2.71. The van der Waals surface area contributed by atoms with Crippen molar-refractivity contribution in [1.29, 1.82) is 0 Å². The van der Waals surface area contributed by atoms with E-state index in [1.54, 1.807) is 0 Å². The van der Waals surface area contributed by atoms with Crippen LogP contribution in [0.25, 0.3) is 32.3 Å². The second kappa shape index (κ2) is 3.72. The van der Waals surface area contributed by atoms with Crippen LogP contribution in [0.15, 0.2) is 66.5 Å². The second-order valence-corrected chi connectivity index (χ2v) is 3.97. The number of rotatable bonds is 0. The first-order valence-corrected chi connectivity index (χ1v) is 5.47. The van der Waals surface area contributed by atoms with Gasteiger partial charge in [-0.1, -0.05) is 54.4 Å². The minimum Gasteiger partial charge on any atom is -0.508 e. The van der Waals surface area contributed by atoms with E-state index in [9.17, 15) is 5.11 Å². The number of hydrogen-bond acceptors (Lipinski definition) is 1. The summed E-state index contributed by atoms with van der Waals surface area (Å²) in [6, 6.07) is -6.58. The average molecular weight is 255 g/mol. The predicted molar refractivity (Wildman–Crippen MR) is 80.6 cm³/mol. The van der Waals surface area contributed by atoms with Gasteiger partial charge in [0.2, 0.25) is 0 Å². The number of fused-ring (bicyclic) bond motifs is 5. The molecule has 0 amide bonds. The Morgan fingerprint density at radius 3 is 2.11 bits per heavy atom. The maximum atomic E-state index is 9.99. The van der Waals surface area contributed by atoms with Crippen LogP contribution in [-0.4, -0.2) is 5.11 Å². The smallest absolute Gasteiger partial charge is 0.116 e.